The number of carboxylic acid groups (broad SMARTS) is 1. The maximum absolute atomic E-state index is 9.75. The van der Waals surface area contributed by atoms with Crippen molar-refractivity contribution in [3.05, 3.63) is 5.73 Å². The summed E-state index contributed by atoms with van der Waals surface area (Å²) in [5.74, 6) is -2.34. The molecule has 0 spiro atoms. The van der Waals surface area contributed by atoms with Crippen molar-refractivity contribution in [1.82, 2.24) is 0 Å². The predicted molar refractivity (Wildman–Crippen MR) is 25.2 cm³/mol. The minimum atomic E-state index is -1.39. The van der Waals surface area contributed by atoms with Gasteiger partial charge in [-0.25, -0.2) is 0 Å². The molecule has 1 amide bonds. The molecule has 5 nitrogen and oxygen atoms in total. The summed E-state index contributed by atoms with van der Waals surface area (Å²) in [4.78, 5) is 19.3. The van der Waals surface area contributed by atoms with E-state index in [2.05, 4.69) is 4.74 Å². The van der Waals surface area contributed by atoms with Gasteiger partial charge in [-0.15, -0.1) is 0 Å². The van der Waals surface area contributed by atoms with Crippen LogP contribution < -0.4 is 5.11 Å². The van der Waals surface area contributed by atoms with Crippen molar-refractivity contribution < 1.29 is 35.9 Å². The van der Waals surface area contributed by atoms with Crippen molar-refractivity contribution in [3.63, 3.8) is 0 Å². The van der Waals surface area contributed by atoms with Gasteiger partial charge in [-0.05, 0) is 0 Å². The van der Waals surface area contributed by atoms with E-state index in [0.29, 0.717) is 0 Å². The third-order valence-corrected chi connectivity index (χ3v) is 0.453. The molecule has 0 radical (unpaired) electrons. The minimum absolute atomic E-state index is 0. The number of carbonyl (C=O) groups is 2. The van der Waals surface area contributed by atoms with Crippen LogP contribution in [0.3, 0.4) is 0 Å². The summed E-state index contributed by atoms with van der Waals surface area (Å²) in [5.41, 5.74) is 6.24. The van der Waals surface area contributed by atoms with Crippen molar-refractivity contribution in [1.29, 1.82) is 0 Å². The molecule has 0 atom stereocenters. The van der Waals surface area contributed by atoms with E-state index in [-0.39, 0.29) is 16.5 Å². The molecule has 10 heavy (non-hydrogen) atoms. The zero-order chi connectivity index (χ0) is 7.28. The number of aliphatic carboxylic acids is 1. The first kappa shape index (κ1) is 12.1. The van der Waals surface area contributed by atoms with Crippen molar-refractivity contribution in [2.45, 2.75) is 0 Å². The van der Waals surface area contributed by atoms with E-state index in [1.165, 1.54) is 0 Å². The Morgan fingerprint density at radius 2 is 1.90 bits per heavy atom. The van der Waals surface area contributed by atoms with Crippen LogP contribution in [0, 0.1) is 0 Å². The van der Waals surface area contributed by atoms with Crippen LogP contribution in [0.2, 0.25) is 0 Å². The van der Waals surface area contributed by atoms with Gasteiger partial charge in [0.15, 0.2) is 0 Å². The molecule has 6 heteroatoms. The predicted octanol–water partition coefficient (Wildman–Crippen LogP) is -1.67. The minimum Gasteiger partial charge on any atom is -0.666 e. The topological polar surface area (TPSA) is 90.2 Å². The van der Waals surface area contributed by atoms with E-state index in [1.807, 2.05) is 0 Å². The summed E-state index contributed by atoms with van der Waals surface area (Å²) in [5, 5.41) is 9.57. The number of hydrogen-bond donors (Lipinski definition) is 0. The largest absolute Gasteiger partial charge is 2.00 e. The van der Waals surface area contributed by atoms with Gasteiger partial charge >= 0.3 is 16.5 Å². The molecule has 0 saturated heterocycles. The molecular weight excluding hydrogens is 185 g/mol. The van der Waals surface area contributed by atoms with Crippen LogP contribution in [0.4, 0.5) is 0 Å². The van der Waals surface area contributed by atoms with Gasteiger partial charge in [-0.2, -0.15) is 0 Å². The van der Waals surface area contributed by atoms with Gasteiger partial charge in [0.2, 0.25) is 0 Å². The van der Waals surface area contributed by atoms with E-state index >= 15 is 0 Å². The molecule has 0 aromatic rings. The molecule has 0 aromatic heterocycles. The summed E-state index contributed by atoms with van der Waals surface area (Å²) in [7, 11) is 0. The Morgan fingerprint density at radius 1 is 1.40 bits per heavy atom. The van der Waals surface area contributed by atoms with E-state index < -0.39 is 25.1 Å². The number of carbonyl (C=O) groups excluding carboxylic acids is 2. The third-order valence-electron chi connectivity index (χ3n) is 0.453. The Hall–Kier alpha value is -0.606. The Kier molecular flexibility index (Phi) is 7.88. The van der Waals surface area contributed by atoms with Crippen molar-refractivity contribution in [2.75, 3.05) is 13.2 Å². The quantitative estimate of drug-likeness (QED) is 0.495. The van der Waals surface area contributed by atoms with Crippen LogP contribution in [0.25, 0.3) is 5.73 Å². The zero-order valence-corrected chi connectivity index (χ0v) is 5.85. The van der Waals surface area contributed by atoms with Gasteiger partial charge in [0.25, 0.3) is 0 Å². The first-order chi connectivity index (χ1) is 4.13. The first-order valence-electron chi connectivity index (χ1n) is 2.15. The standard InChI is InChI=1S/C4H7NO4.Ni/c5-3(6)1-9-2-4(7)8;/h1-2H2,(H3,5,6,7,8);/q;+2/p-2. The molecule has 0 aliphatic carbocycles. The average Bonchev–Trinajstić information content (AvgIpc) is 1.63. The molecule has 0 aliphatic rings. The Labute approximate surface area is 67.5 Å². The number of amides is 1. The molecule has 0 rings (SSSR count). The van der Waals surface area contributed by atoms with Crippen molar-refractivity contribution in [2.24, 2.45) is 0 Å². The monoisotopic (exact) mass is 189 g/mol. The van der Waals surface area contributed by atoms with E-state index in [1.54, 1.807) is 0 Å². The first-order valence-corrected chi connectivity index (χ1v) is 2.15. The Balaban J connectivity index is 0. The molecule has 0 fully saturated rings. The van der Waals surface area contributed by atoms with E-state index in [0.717, 1.165) is 0 Å². The number of rotatable bonds is 4. The van der Waals surface area contributed by atoms with Crippen LogP contribution in [0.5, 0.6) is 0 Å². The smallest absolute Gasteiger partial charge is 0.666 e. The third kappa shape index (κ3) is 10.4. The van der Waals surface area contributed by atoms with E-state index in [9.17, 15) is 14.7 Å². The maximum atomic E-state index is 9.75. The second kappa shape index (κ2) is 6.51. The summed E-state index contributed by atoms with van der Waals surface area (Å²) in [6, 6.07) is 0. The molecule has 1 N–H and O–H groups in total. The molecule has 60 valence electrons. The van der Waals surface area contributed by atoms with Crippen LogP contribution in [0.1, 0.15) is 0 Å². The summed E-state index contributed by atoms with van der Waals surface area (Å²) in [6.45, 7) is -1.13. The van der Waals surface area contributed by atoms with Crippen LogP contribution in [-0.4, -0.2) is 25.1 Å². The normalized spacial score (nSPS) is 8.00. The molecule has 0 unspecified atom stereocenters. The second-order valence-electron chi connectivity index (χ2n) is 1.29. The van der Waals surface area contributed by atoms with Crippen LogP contribution in [-0.2, 0) is 30.8 Å². The Bertz CT molecular complexity index is 112. The summed E-state index contributed by atoms with van der Waals surface area (Å²) >= 11 is 0. The summed E-state index contributed by atoms with van der Waals surface area (Å²) < 4.78 is 4.16. The van der Waals surface area contributed by atoms with Gasteiger partial charge in [0, 0.05) is 0 Å². The number of nitrogens with one attached hydrogen (secondary N) is 1. The second-order valence-corrected chi connectivity index (χ2v) is 1.29. The van der Waals surface area contributed by atoms with Gasteiger partial charge in [0.1, 0.15) is 0 Å². The maximum Gasteiger partial charge on any atom is 2.00 e. The van der Waals surface area contributed by atoms with Gasteiger partial charge < -0.3 is 25.2 Å². The zero-order valence-electron chi connectivity index (χ0n) is 4.86. The Morgan fingerprint density at radius 3 is 2.20 bits per heavy atom. The number of carboxylic acids is 1. The van der Waals surface area contributed by atoms with E-state index in [4.69, 9.17) is 5.73 Å². The van der Waals surface area contributed by atoms with Gasteiger partial charge in [0.05, 0.1) is 25.1 Å². The number of hydrogen-bond acceptors (Lipinski definition) is 4. The molecule has 0 saturated carbocycles. The molecule has 0 heterocycles. The fraction of sp³-hybridized carbons (Fsp3) is 0.500. The molecule has 0 bridgehead atoms. The number of ether oxygens (including phenoxy) is 1. The molecule has 0 aliphatic heterocycles. The van der Waals surface area contributed by atoms with Gasteiger partial charge in [-0.1, -0.05) is 0 Å². The van der Waals surface area contributed by atoms with Crippen LogP contribution in [0.15, 0.2) is 0 Å². The van der Waals surface area contributed by atoms with Crippen molar-refractivity contribution >= 4 is 11.9 Å². The van der Waals surface area contributed by atoms with Gasteiger partial charge in [-0.3, -0.25) is 0 Å². The molecule has 0 aromatic carbocycles. The SMILES string of the molecule is [NH-]C(=O)COCC(=O)[O-].[Ni+2]. The van der Waals surface area contributed by atoms with Crippen molar-refractivity contribution in [3.8, 4) is 0 Å². The molecular formula is C4H5NNiO4. The average molecular weight is 190 g/mol. The fourth-order valence-electron chi connectivity index (χ4n) is 0.227. The summed E-state index contributed by atoms with van der Waals surface area (Å²) in [6.07, 6.45) is 0. The van der Waals surface area contributed by atoms with Crippen LogP contribution >= 0.6 is 0 Å². The fourth-order valence-corrected chi connectivity index (χ4v) is 0.227.